The van der Waals surface area contributed by atoms with Crippen LogP contribution in [0.5, 0.6) is 5.75 Å². The Hall–Kier alpha value is -0.330. The van der Waals surface area contributed by atoms with Crippen molar-refractivity contribution < 1.29 is 33.2 Å². The number of hydrogen-bond acceptors (Lipinski definition) is 2. The molecule has 0 saturated carbocycles. The predicted octanol–water partition coefficient (Wildman–Crippen LogP) is -0.984. The predicted molar refractivity (Wildman–Crippen MR) is 77.1 cm³/mol. The zero-order chi connectivity index (χ0) is 13.6. The van der Waals surface area contributed by atoms with Crippen LogP contribution in [0.2, 0.25) is 0 Å². The van der Waals surface area contributed by atoms with Crippen LogP contribution in [0.25, 0.3) is 0 Å². The first-order chi connectivity index (χ1) is 8.39. The molecule has 0 saturated heterocycles. The van der Waals surface area contributed by atoms with Gasteiger partial charge in [0.05, 0.1) is 20.6 Å². The summed E-state index contributed by atoms with van der Waals surface area (Å²) < 4.78 is 6.79. The molecule has 0 aliphatic rings. The smallest absolute Gasteiger partial charge is 0.137 e. The van der Waals surface area contributed by atoms with Crippen molar-refractivity contribution in [2.24, 2.45) is 0 Å². The molecule has 0 unspecified atom stereocenters. The van der Waals surface area contributed by atoms with Crippen LogP contribution in [0.4, 0.5) is 0 Å². The van der Waals surface area contributed by atoms with Crippen molar-refractivity contribution in [2.45, 2.75) is 6.92 Å². The van der Waals surface area contributed by atoms with E-state index in [9.17, 15) is 0 Å². The van der Waals surface area contributed by atoms with Gasteiger partial charge in [-0.15, -0.1) is 0 Å². The minimum Gasteiger partial charge on any atom is -1.00 e. The quantitative estimate of drug-likeness (QED) is 0.447. The number of nitrogens with zero attached hydrogens (tertiary/aromatic N) is 2. The molecule has 0 heterocycles. The van der Waals surface area contributed by atoms with Gasteiger partial charge in [0.15, 0.2) is 0 Å². The van der Waals surface area contributed by atoms with Crippen molar-refractivity contribution in [3.63, 3.8) is 0 Å². The summed E-state index contributed by atoms with van der Waals surface area (Å²) in [7, 11) is 8.73. The summed E-state index contributed by atoms with van der Waals surface area (Å²) in [5, 5.41) is 0. The topological polar surface area (TPSA) is 12.5 Å². The van der Waals surface area contributed by atoms with E-state index in [4.69, 9.17) is 4.74 Å². The van der Waals surface area contributed by atoms with Gasteiger partial charge in [-0.2, -0.15) is 0 Å². The summed E-state index contributed by atoms with van der Waals surface area (Å²) >= 11 is 0. The van der Waals surface area contributed by atoms with Gasteiger partial charge in [0.25, 0.3) is 0 Å². The van der Waals surface area contributed by atoms with E-state index in [0.717, 1.165) is 36.5 Å². The van der Waals surface area contributed by atoms with E-state index in [0.29, 0.717) is 0 Å². The van der Waals surface area contributed by atoms with Gasteiger partial charge in [-0.05, 0) is 38.7 Å². The maximum absolute atomic E-state index is 5.80. The minimum atomic E-state index is 0. The number of quaternary nitrogens is 1. The summed E-state index contributed by atoms with van der Waals surface area (Å²) in [6, 6.07) is 8.23. The molecular formula is C15H27IN2O. The zero-order valence-electron chi connectivity index (χ0n) is 12.8. The Balaban J connectivity index is 0.00000324. The average Bonchev–Trinajstić information content (AvgIpc) is 2.26. The molecule has 0 N–H and O–H groups in total. The number of aryl methyl sites for hydroxylation is 1. The van der Waals surface area contributed by atoms with Gasteiger partial charge >= 0.3 is 0 Å². The van der Waals surface area contributed by atoms with Crippen LogP contribution in [0.1, 0.15) is 5.56 Å². The van der Waals surface area contributed by atoms with E-state index in [-0.39, 0.29) is 24.0 Å². The van der Waals surface area contributed by atoms with E-state index in [1.807, 2.05) is 12.1 Å². The summed E-state index contributed by atoms with van der Waals surface area (Å²) in [5.41, 5.74) is 1.24. The van der Waals surface area contributed by atoms with Gasteiger partial charge in [0, 0.05) is 6.54 Å². The number of hydrogen-bond donors (Lipinski definition) is 0. The Morgan fingerprint density at radius 1 is 1.16 bits per heavy atom. The van der Waals surface area contributed by atoms with Crippen molar-refractivity contribution in [1.29, 1.82) is 0 Å². The zero-order valence-corrected chi connectivity index (χ0v) is 15.0. The lowest BCUT2D eigenvalue weighted by Crippen LogP contribution is -3.00. The molecule has 19 heavy (non-hydrogen) atoms. The van der Waals surface area contributed by atoms with Gasteiger partial charge < -0.3 is 38.1 Å². The molecule has 0 atom stereocenters. The van der Waals surface area contributed by atoms with Gasteiger partial charge in [-0.1, -0.05) is 12.1 Å². The lowest BCUT2D eigenvalue weighted by atomic mass is 10.2. The Kier molecular flexibility index (Phi) is 8.61. The monoisotopic (exact) mass is 378 g/mol. The van der Waals surface area contributed by atoms with Gasteiger partial charge in [-0.3, -0.25) is 0 Å². The highest BCUT2D eigenvalue weighted by Crippen LogP contribution is 2.12. The standard InChI is InChI=1S/C15H27N2O.HI/c1-14-7-6-8-15(13-14)18-12-11-17(4,5)10-9-16(2)3;/h6-8,13H,9-12H2,1-5H3;1H/q+1;/p-1. The van der Waals surface area contributed by atoms with Gasteiger partial charge in [-0.25, -0.2) is 0 Å². The largest absolute Gasteiger partial charge is 1.00 e. The number of benzene rings is 1. The summed E-state index contributed by atoms with van der Waals surface area (Å²) in [6.45, 7) is 6.14. The third-order valence-corrected chi connectivity index (χ3v) is 3.11. The maximum atomic E-state index is 5.80. The fourth-order valence-electron chi connectivity index (χ4n) is 1.70. The minimum absolute atomic E-state index is 0. The van der Waals surface area contributed by atoms with Crippen molar-refractivity contribution in [2.75, 3.05) is 54.4 Å². The first kappa shape index (κ1) is 18.7. The molecule has 0 aliphatic heterocycles. The molecule has 0 bridgehead atoms. The highest BCUT2D eigenvalue weighted by molar-refractivity contribution is 5.27. The van der Waals surface area contributed by atoms with Crippen LogP contribution in [0.3, 0.4) is 0 Å². The highest BCUT2D eigenvalue weighted by atomic mass is 127. The molecule has 1 aromatic carbocycles. The third-order valence-electron chi connectivity index (χ3n) is 3.11. The van der Waals surface area contributed by atoms with Crippen molar-refractivity contribution in [3.05, 3.63) is 29.8 Å². The second-order valence-electron chi connectivity index (χ2n) is 5.85. The maximum Gasteiger partial charge on any atom is 0.137 e. The van der Waals surface area contributed by atoms with E-state index in [2.05, 4.69) is 52.1 Å². The molecule has 3 nitrogen and oxygen atoms in total. The van der Waals surface area contributed by atoms with Crippen LogP contribution in [-0.4, -0.2) is 63.8 Å². The molecule has 4 heteroatoms. The average molecular weight is 378 g/mol. The first-order valence-corrected chi connectivity index (χ1v) is 6.55. The van der Waals surface area contributed by atoms with Gasteiger partial charge in [0.1, 0.15) is 18.9 Å². The van der Waals surface area contributed by atoms with Crippen molar-refractivity contribution in [1.82, 2.24) is 4.90 Å². The lowest BCUT2D eigenvalue weighted by Gasteiger charge is -2.30. The van der Waals surface area contributed by atoms with Crippen LogP contribution < -0.4 is 28.7 Å². The van der Waals surface area contributed by atoms with E-state index < -0.39 is 0 Å². The highest BCUT2D eigenvalue weighted by Gasteiger charge is 2.14. The molecule has 0 aromatic heterocycles. The molecule has 0 radical (unpaired) electrons. The van der Waals surface area contributed by atoms with Crippen LogP contribution in [0.15, 0.2) is 24.3 Å². The van der Waals surface area contributed by atoms with Crippen LogP contribution in [-0.2, 0) is 0 Å². The SMILES string of the molecule is Cc1cccc(OCC[N+](C)(C)CCN(C)C)c1.[I-]. The fourth-order valence-corrected chi connectivity index (χ4v) is 1.70. The summed E-state index contributed by atoms with van der Waals surface area (Å²) in [4.78, 5) is 2.22. The molecule has 0 aliphatic carbocycles. The number of ether oxygens (including phenoxy) is 1. The fraction of sp³-hybridized carbons (Fsp3) is 0.600. The normalized spacial score (nSPS) is 11.3. The lowest BCUT2D eigenvalue weighted by molar-refractivity contribution is -0.889. The molecule has 0 fully saturated rings. The number of likely N-dealkylation sites (N-methyl/N-ethyl adjacent to an activating group) is 2. The molecular weight excluding hydrogens is 351 g/mol. The van der Waals surface area contributed by atoms with Crippen LogP contribution in [0, 0.1) is 6.92 Å². The van der Waals surface area contributed by atoms with Crippen LogP contribution >= 0.6 is 0 Å². The molecule has 0 spiro atoms. The Morgan fingerprint density at radius 2 is 1.84 bits per heavy atom. The molecule has 110 valence electrons. The molecule has 1 aromatic rings. The summed E-state index contributed by atoms with van der Waals surface area (Å²) in [5.74, 6) is 0.975. The van der Waals surface area contributed by atoms with Crippen molar-refractivity contribution in [3.8, 4) is 5.75 Å². The summed E-state index contributed by atoms with van der Waals surface area (Å²) in [6.07, 6.45) is 0. The molecule has 0 amide bonds. The second-order valence-corrected chi connectivity index (χ2v) is 5.85. The first-order valence-electron chi connectivity index (χ1n) is 6.55. The van der Waals surface area contributed by atoms with E-state index >= 15 is 0 Å². The van der Waals surface area contributed by atoms with Crippen molar-refractivity contribution >= 4 is 0 Å². The Morgan fingerprint density at radius 3 is 2.42 bits per heavy atom. The molecule has 1 rings (SSSR count). The Bertz CT molecular complexity index is 367. The van der Waals surface area contributed by atoms with Gasteiger partial charge in [0.2, 0.25) is 0 Å². The second kappa shape index (κ2) is 8.76. The van der Waals surface area contributed by atoms with E-state index in [1.54, 1.807) is 0 Å². The third kappa shape index (κ3) is 8.44. The Labute approximate surface area is 135 Å². The van der Waals surface area contributed by atoms with E-state index in [1.165, 1.54) is 5.56 Å². The number of halogens is 1. The number of rotatable bonds is 7.